The summed E-state index contributed by atoms with van der Waals surface area (Å²) in [5.41, 5.74) is 6.90. The largest absolute Gasteiger partial charge is 0.354 e. The van der Waals surface area contributed by atoms with Gasteiger partial charge in [-0.15, -0.1) is 0 Å². The fourth-order valence-corrected chi connectivity index (χ4v) is 2.56. The highest BCUT2D eigenvalue weighted by Gasteiger charge is 2.18. The number of nitrogens with two attached hydrogens (primary N) is 1. The molecule has 5 heteroatoms. The van der Waals surface area contributed by atoms with Crippen LogP contribution in [0.5, 0.6) is 0 Å². The average Bonchev–Trinajstić information content (AvgIpc) is 2.39. The molecule has 0 spiro atoms. The van der Waals surface area contributed by atoms with E-state index in [1.807, 2.05) is 6.20 Å². The third-order valence-corrected chi connectivity index (χ3v) is 3.68. The topological polar surface area (TPSA) is 45.4 Å². The summed E-state index contributed by atoms with van der Waals surface area (Å²) < 4.78 is 0.994. The monoisotopic (exact) mass is 298 g/mol. The van der Waals surface area contributed by atoms with Crippen molar-refractivity contribution in [3.8, 4) is 0 Å². The zero-order valence-corrected chi connectivity index (χ0v) is 11.8. The molecule has 2 heterocycles. The van der Waals surface area contributed by atoms with Crippen molar-refractivity contribution in [3.63, 3.8) is 0 Å². The molecule has 4 nitrogen and oxygen atoms in total. The van der Waals surface area contributed by atoms with Crippen molar-refractivity contribution in [3.05, 3.63) is 22.3 Å². The van der Waals surface area contributed by atoms with E-state index >= 15 is 0 Å². The van der Waals surface area contributed by atoms with Crippen LogP contribution in [0, 0.1) is 0 Å². The Morgan fingerprint density at radius 2 is 2.06 bits per heavy atom. The van der Waals surface area contributed by atoms with Crippen molar-refractivity contribution in [2.75, 3.05) is 37.6 Å². The lowest BCUT2D eigenvalue weighted by Crippen LogP contribution is -2.46. The van der Waals surface area contributed by atoms with Gasteiger partial charge in [0, 0.05) is 49.0 Å². The van der Waals surface area contributed by atoms with E-state index in [1.54, 1.807) is 0 Å². The second kappa shape index (κ2) is 5.80. The van der Waals surface area contributed by atoms with Crippen molar-refractivity contribution in [1.82, 2.24) is 9.88 Å². The number of halogens is 1. The van der Waals surface area contributed by atoms with Gasteiger partial charge >= 0.3 is 0 Å². The van der Waals surface area contributed by atoms with E-state index in [0.29, 0.717) is 6.54 Å². The second-order valence-electron chi connectivity index (χ2n) is 4.26. The summed E-state index contributed by atoms with van der Waals surface area (Å²) in [5, 5.41) is 0. The maximum Gasteiger partial charge on any atom is 0.133 e. The quantitative estimate of drug-likeness (QED) is 0.917. The Balaban J connectivity index is 2.12. The fraction of sp³-hybridized carbons (Fsp3) is 0.583. The summed E-state index contributed by atoms with van der Waals surface area (Å²) in [7, 11) is 0. The molecule has 0 unspecified atom stereocenters. The van der Waals surface area contributed by atoms with E-state index in [0.717, 1.165) is 48.6 Å². The van der Waals surface area contributed by atoms with Gasteiger partial charge in [0.25, 0.3) is 0 Å². The SMILES string of the molecule is CCN1CCN(c2ncc(Br)cc2CN)CC1. The first kappa shape index (κ1) is 12.8. The highest BCUT2D eigenvalue weighted by Crippen LogP contribution is 2.22. The van der Waals surface area contributed by atoms with Crippen LogP contribution in [-0.4, -0.2) is 42.6 Å². The minimum absolute atomic E-state index is 0.537. The van der Waals surface area contributed by atoms with Gasteiger partial charge in [0.1, 0.15) is 5.82 Å². The van der Waals surface area contributed by atoms with E-state index in [9.17, 15) is 0 Å². The first-order valence-corrected chi connectivity index (χ1v) is 6.85. The number of likely N-dealkylation sites (N-methyl/N-ethyl adjacent to an activating group) is 1. The van der Waals surface area contributed by atoms with Crippen molar-refractivity contribution in [2.45, 2.75) is 13.5 Å². The van der Waals surface area contributed by atoms with Gasteiger partial charge in [0.15, 0.2) is 0 Å². The molecule has 0 amide bonds. The first-order chi connectivity index (χ1) is 8.24. The maximum atomic E-state index is 5.78. The van der Waals surface area contributed by atoms with Crippen LogP contribution in [0.4, 0.5) is 5.82 Å². The number of nitrogens with zero attached hydrogens (tertiary/aromatic N) is 3. The molecule has 1 fully saturated rings. The molecule has 0 aromatic carbocycles. The number of hydrogen-bond acceptors (Lipinski definition) is 4. The molecule has 1 aromatic rings. The molecule has 1 aliphatic rings. The van der Waals surface area contributed by atoms with Crippen LogP contribution in [0.15, 0.2) is 16.7 Å². The van der Waals surface area contributed by atoms with Crippen molar-refractivity contribution in [1.29, 1.82) is 0 Å². The highest BCUT2D eigenvalue weighted by molar-refractivity contribution is 9.10. The minimum atomic E-state index is 0.537. The smallest absolute Gasteiger partial charge is 0.133 e. The number of rotatable bonds is 3. The van der Waals surface area contributed by atoms with Gasteiger partial charge in [0.05, 0.1) is 0 Å². The fourth-order valence-electron chi connectivity index (χ4n) is 2.18. The first-order valence-electron chi connectivity index (χ1n) is 6.06. The highest BCUT2D eigenvalue weighted by atomic mass is 79.9. The van der Waals surface area contributed by atoms with E-state index in [2.05, 4.69) is 43.7 Å². The number of aromatic nitrogens is 1. The van der Waals surface area contributed by atoms with Crippen LogP contribution in [-0.2, 0) is 6.54 Å². The number of piperazine rings is 1. The molecule has 17 heavy (non-hydrogen) atoms. The molecule has 0 atom stereocenters. The van der Waals surface area contributed by atoms with Gasteiger partial charge in [-0.1, -0.05) is 6.92 Å². The maximum absolute atomic E-state index is 5.78. The predicted octanol–water partition coefficient (Wildman–Crippen LogP) is 1.44. The third-order valence-electron chi connectivity index (χ3n) is 3.25. The molecule has 2 N–H and O–H groups in total. The molecular weight excluding hydrogens is 280 g/mol. The van der Waals surface area contributed by atoms with E-state index in [-0.39, 0.29) is 0 Å². The Morgan fingerprint density at radius 1 is 1.35 bits per heavy atom. The molecule has 1 saturated heterocycles. The Hall–Kier alpha value is -0.650. The second-order valence-corrected chi connectivity index (χ2v) is 5.18. The zero-order valence-electron chi connectivity index (χ0n) is 10.2. The molecule has 94 valence electrons. The van der Waals surface area contributed by atoms with Crippen LogP contribution in [0.25, 0.3) is 0 Å². The Kier molecular flexibility index (Phi) is 4.36. The summed E-state index contributed by atoms with van der Waals surface area (Å²) in [6.45, 7) is 8.17. The predicted molar refractivity (Wildman–Crippen MR) is 74.2 cm³/mol. The van der Waals surface area contributed by atoms with Gasteiger partial charge in [-0.2, -0.15) is 0 Å². The van der Waals surface area contributed by atoms with Gasteiger partial charge < -0.3 is 15.5 Å². The summed E-state index contributed by atoms with van der Waals surface area (Å²) >= 11 is 3.44. The minimum Gasteiger partial charge on any atom is -0.354 e. The summed E-state index contributed by atoms with van der Waals surface area (Å²) in [6, 6.07) is 2.06. The van der Waals surface area contributed by atoms with Crippen molar-refractivity contribution < 1.29 is 0 Å². The van der Waals surface area contributed by atoms with E-state index < -0.39 is 0 Å². The number of pyridine rings is 1. The normalized spacial score (nSPS) is 17.5. The molecule has 1 aliphatic heterocycles. The zero-order chi connectivity index (χ0) is 12.3. The van der Waals surface area contributed by atoms with E-state index in [4.69, 9.17) is 5.73 Å². The molecule has 0 bridgehead atoms. The lowest BCUT2D eigenvalue weighted by molar-refractivity contribution is 0.270. The third kappa shape index (κ3) is 2.97. The summed E-state index contributed by atoms with van der Waals surface area (Å²) in [6.07, 6.45) is 1.85. The summed E-state index contributed by atoms with van der Waals surface area (Å²) in [4.78, 5) is 9.29. The number of hydrogen-bond donors (Lipinski definition) is 1. The van der Waals surface area contributed by atoms with Crippen LogP contribution >= 0.6 is 15.9 Å². The molecule has 0 aliphatic carbocycles. The average molecular weight is 299 g/mol. The van der Waals surface area contributed by atoms with Gasteiger partial charge in [-0.3, -0.25) is 0 Å². The Labute approximate surface area is 111 Å². The Bertz CT molecular complexity index is 375. The van der Waals surface area contributed by atoms with Crippen molar-refractivity contribution >= 4 is 21.7 Å². The molecule has 1 aromatic heterocycles. The Morgan fingerprint density at radius 3 is 2.65 bits per heavy atom. The van der Waals surface area contributed by atoms with E-state index in [1.165, 1.54) is 0 Å². The summed E-state index contributed by atoms with van der Waals surface area (Å²) in [5.74, 6) is 1.05. The van der Waals surface area contributed by atoms with Gasteiger partial charge in [-0.05, 0) is 28.5 Å². The van der Waals surface area contributed by atoms with Crippen LogP contribution < -0.4 is 10.6 Å². The van der Waals surface area contributed by atoms with Crippen LogP contribution in [0.1, 0.15) is 12.5 Å². The lowest BCUT2D eigenvalue weighted by Gasteiger charge is -2.35. The van der Waals surface area contributed by atoms with Gasteiger partial charge in [0.2, 0.25) is 0 Å². The number of anilines is 1. The molecular formula is C12H19BrN4. The molecule has 2 rings (SSSR count). The van der Waals surface area contributed by atoms with Crippen LogP contribution in [0.2, 0.25) is 0 Å². The molecule has 0 radical (unpaired) electrons. The standard InChI is InChI=1S/C12H19BrN4/c1-2-16-3-5-17(6-4-16)12-10(8-14)7-11(13)9-15-12/h7,9H,2-6,8,14H2,1H3. The molecule has 0 saturated carbocycles. The van der Waals surface area contributed by atoms with Crippen LogP contribution in [0.3, 0.4) is 0 Å². The lowest BCUT2D eigenvalue weighted by atomic mass is 10.2. The van der Waals surface area contributed by atoms with Gasteiger partial charge in [-0.25, -0.2) is 4.98 Å². The van der Waals surface area contributed by atoms with Crippen molar-refractivity contribution in [2.24, 2.45) is 5.73 Å².